The first kappa shape index (κ1) is 12.6. The van der Waals surface area contributed by atoms with Gasteiger partial charge >= 0.3 is 0 Å². The Hall–Kier alpha value is -2.47. The van der Waals surface area contributed by atoms with Gasteiger partial charge in [0.2, 0.25) is 0 Å². The smallest absolute Gasteiger partial charge is 0.287 e. The molecule has 100 valence electrons. The quantitative estimate of drug-likeness (QED) is 0.800. The van der Waals surface area contributed by atoms with Gasteiger partial charge in [-0.25, -0.2) is 0 Å². The molecule has 20 heavy (non-hydrogen) atoms. The molecular formula is C14H11N3O2S. The van der Waals surface area contributed by atoms with Crippen molar-refractivity contribution < 1.29 is 9.21 Å². The molecule has 3 rings (SSSR count). The highest BCUT2D eigenvalue weighted by Crippen LogP contribution is 2.22. The van der Waals surface area contributed by atoms with E-state index in [0.29, 0.717) is 6.54 Å². The molecule has 0 aliphatic rings. The van der Waals surface area contributed by atoms with E-state index < -0.39 is 0 Å². The molecule has 2 heterocycles. The zero-order valence-corrected chi connectivity index (χ0v) is 11.3. The van der Waals surface area contributed by atoms with Gasteiger partial charge in [-0.15, -0.1) is 10.2 Å². The summed E-state index contributed by atoms with van der Waals surface area (Å²) in [5.41, 5.74) is 1.02. The van der Waals surface area contributed by atoms with E-state index >= 15 is 0 Å². The van der Waals surface area contributed by atoms with Gasteiger partial charge in [0.1, 0.15) is 10.0 Å². The molecule has 0 spiro atoms. The Morgan fingerprint density at radius 1 is 1.15 bits per heavy atom. The Morgan fingerprint density at radius 3 is 2.75 bits per heavy atom. The van der Waals surface area contributed by atoms with E-state index in [4.69, 9.17) is 4.42 Å². The molecule has 0 saturated heterocycles. The van der Waals surface area contributed by atoms with Gasteiger partial charge in [-0.05, 0) is 12.1 Å². The zero-order valence-electron chi connectivity index (χ0n) is 10.4. The molecule has 0 radical (unpaired) electrons. The number of carbonyl (C=O) groups excluding carboxylic acids is 1. The zero-order chi connectivity index (χ0) is 13.8. The predicted octanol–water partition coefficient (Wildman–Crippen LogP) is 2.73. The van der Waals surface area contributed by atoms with Crippen molar-refractivity contribution in [3.05, 3.63) is 59.5 Å². The van der Waals surface area contributed by atoms with Crippen LogP contribution >= 0.6 is 11.3 Å². The van der Waals surface area contributed by atoms with E-state index in [-0.39, 0.29) is 11.7 Å². The summed E-state index contributed by atoms with van der Waals surface area (Å²) in [6, 6.07) is 13.1. The Balaban J connectivity index is 1.65. The molecule has 0 aliphatic heterocycles. The summed E-state index contributed by atoms with van der Waals surface area (Å²) >= 11 is 1.46. The Kier molecular flexibility index (Phi) is 3.56. The Bertz CT molecular complexity index is 692. The van der Waals surface area contributed by atoms with Crippen molar-refractivity contribution >= 4 is 17.2 Å². The molecule has 1 amide bonds. The van der Waals surface area contributed by atoms with Gasteiger partial charge in [0.25, 0.3) is 5.91 Å². The maximum absolute atomic E-state index is 11.7. The fourth-order valence-corrected chi connectivity index (χ4v) is 2.46. The van der Waals surface area contributed by atoms with Crippen LogP contribution in [0.4, 0.5) is 0 Å². The molecule has 0 fully saturated rings. The Morgan fingerprint density at radius 2 is 2.00 bits per heavy atom. The normalized spacial score (nSPS) is 10.4. The van der Waals surface area contributed by atoms with E-state index in [1.165, 1.54) is 17.6 Å². The summed E-state index contributed by atoms with van der Waals surface area (Å²) in [6.45, 7) is 0.337. The molecule has 0 aliphatic carbocycles. The maximum atomic E-state index is 11.7. The molecule has 0 saturated carbocycles. The van der Waals surface area contributed by atoms with E-state index in [1.54, 1.807) is 12.1 Å². The molecule has 1 N–H and O–H groups in total. The fraction of sp³-hybridized carbons (Fsp3) is 0.0714. The van der Waals surface area contributed by atoms with Gasteiger partial charge in [0, 0.05) is 5.56 Å². The van der Waals surface area contributed by atoms with Gasteiger partial charge < -0.3 is 9.73 Å². The van der Waals surface area contributed by atoms with Gasteiger partial charge in [0.15, 0.2) is 5.76 Å². The molecule has 1 aromatic carbocycles. The van der Waals surface area contributed by atoms with Crippen LogP contribution in [0.15, 0.2) is 53.1 Å². The van der Waals surface area contributed by atoms with Crippen LogP contribution in [0.2, 0.25) is 0 Å². The van der Waals surface area contributed by atoms with E-state index in [9.17, 15) is 4.79 Å². The molecule has 2 aromatic heterocycles. The largest absolute Gasteiger partial charge is 0.459 e. The van der Waals surface area contributed by atoms with E-state index in [0.717, 1.165) is 15.6 Å². The van der Waals surface area contributed by atoms with Crippen LogP contribution in [0.25, 0.3) is 10.6 Å². The lowest BCUT2D eigenvalue weighted by Gasteiger charge is -1.98. The average Bonchev–Trinajstić information content (AvgIpc) is 3.17. The first-order valence-corrected chi connectivity index (χ1v) is 6.84. The maximum Gasteiger partial charge on any atom is 0.287 e. The van der Waals surface area contributed by atoms with Gasteiger partial charge in [0.05, 0.1) is 12.8 Å². The fourth-order valence-electron chi connectivity index (χ4n) is 1.67. The Labute approximate surface area is 119 Å². The molecule has 6 heteroatoms. The van der Waals surface area contributed by atoms with Crippen LogP contribution in [-0.2, 0) is 6.54 Å². The first-order valence-electron chi connectivity index (χ1n) is 6.02. The van der Waals surface area contributed by atoms with Crippen molar-refractivity contribution in [3.63, 3.8) is 0 Å². The second-order valence-corrected chi connectivity index (χ2v) is 5.09. The second kappa shape index (κ2) is 5.66. The lowest BCUT2D eigenvalue weighted by atomic mass is 10.2. The minimum atomic E-state index is -0.258. The summed E-state index contributed by atoms with van der Waals surface area (Å²) < 4.78 is 5.01. The number of furan rings is 1. The van der Waals surface area contributed by atoms with Crippen LogP contribution in [0.3, 0.4) is 0 Å². The number of hydrogen-bond acceptors (Lipinski definition) is 5. The molecule has 0 bridgehead atoms. The van der Waals surface area contributed by atoms with Crippen molar-refractivity contribution in [3.8, 4) is 10.6 Å². The molecule has 0 unspecified atom stereocenters. The second-order valence-electron chi connectivity index (χ2n) is 4.03. The van der Waals surface area contributed by atoms with Crippen LogP contribution < -0.4 is 5.32 Å². The third kappa shape index (κ3) is 2.75. The lowest BCUT2D eigenvalue weighted by Crippen LogP contribution is -2.22. The molecular weight excluding hydrogens is 274 g/mol. The van der Waals surface area contributed by atoms with Crippen LogP contribution in [-0.4, -0.2) is 16.1 Å². The third-order valence-electron chi connectivity index (χ3n) is 2.63. The summed E-state index contributed by atoms with van der Waals surface area (Å²) in [5.74, 6) is 0.0317. The first-order chi connectivity index (χ1) is 9.83. The summed E-state index contributed by atoms with van der Waals surface area (Å²) in [7, 11) is 0. The van der Waals surface area contributed by atoms with Crippen molar-refractivity contribution in [1.29, 1.82) is 0 Å². The van der Waals surface area contributed by atoms with Crippen molar-refractivity contribution in [1.82, 2.24) is 15.5 Å². The van der Waals surface area contributed by atoms with Crippen molar-refractivity contribution in [2.75, 3.05) is 0 Å². The SMILES string of the molecule is O=C(NCc1nnc(-c2ccccc2)s1)c1ccco1. The highest BCUT2D eigenvalue weighted by molar-refractivity contribution is 7.14. The number of rotatable bonds is 4. The highest BCUT2D eigenvalue weighted by Gasteiger charge is 2.10. The minimum absolute atomic E-state index is 0.258. The van der Waals surface area contributed by atoms with E-state index in [1.807, 2.05) is 30.3 Å². The van der Waals surface area contributed by atoms with Crippen LogP contribution in [0.1, 0.15) is 15.6 Å². The predicted molar refractivity (Wildman–Crippen MR) is 75.2 cm³/mol. The van der Waals surface area contributed by atoms with E-state index in [2.05, 4.69) is 15.5 Å². The number of amides is 1. The standard InChI is InChI=1S/C14H11N3O2S/c18-13(11-7-4-8-19-11)15-9-12-16-17-14(20-12)10-5-2-1-3-6-10/h1-8H,9H2,(H,15,18). The highest BCUT2D eigenvalue weighted by atomic mass is 32.1. The monoisotopic (exact) mass is 285 g/mol. The number of hydrogen-bond donors (Lipinski definition) is 1. The summed E-state index contributed by atoms with van der Waals surface area (Å²) in [4.78, 5) is 11.7. The number of nitrogens with zero attached hydrogens (tertiary/aromatic N) is 2. The molecule has 5 nitrogen and oxygen atoms in total. The van der Waals surface area contributed by atoms with Gasteiger partial charge in [-0.2, -0.15) is 0 Å². The third-order valence-corrected chi connectivity index (χ3v) is 3.61. The molecule has 0 atom stereocenters. The topological polar surface area (TPSA) is 68.0 Å². The number of carbonyl (C=O) groups is 1. The number of nitrogens with one attached hydrogen (secondary N) is 1. The number of benzene rings is 1. The summed E-state index contributed by atoms with van der Waals surface area (Å²) in [5, 5.41) is 12.5. The minimum Gasteiger partial charge on any atom is -0.459 e. The average molecular weight is 285 g/mol. The number of aromatic nitrogens is 2. The summed E-state index contributed by atoms with van der Waals surface area (Å²) in [6.07, 6.45) is 1.47. The van der Waals surface area contributed by atoms with Gasteiger partial charge in [-0.3, -0.25) is 4.79 Å². The van der Waals surface area contributed by atoms with Crippen LogP contribution in [0, 0.1) is 0 Å². The van der Waals surface area contributed by atoms with Gasteiger partial charge in [-0.1, -0.05) is 41.7 Å². The van der Waals surface area contributed by atoms with Crippen LogP contribution in [0.5, 0.6) is 0 Å². The van der Waals surface area contributed by atoms with Crippen molar-refractivity contribution in [2.45, 2.75) is 6.54 Å². The van der Waals surface area contributed by atoms with Crippen molar-refractivity contribution in [2.24, 2.45) is 0 Å². The molecule has 3 aromatic rings. The lowest BCUT2D eigenvalue weighted by molar-refractivity contribution is 0.0923.